The average molecular weight is 618 g/mol. The van der Waals surface area contributed by atoms with Crippen molar-refractivity contribution >= 4 is 18.0 Å². The Bertz CT molecular complexity index is 1510. The topological polar surface area (TPSA) is 146 Å². The van der Waals surface area contributed by atoms with E-state index in [0.717, 1.165) is 11.1 Å². The first-order chi connectivity index (χ1) is 21.3. The highest BCUT2D eigenvalue weighted by molar-refractivity contribution is 5.89. The van der Waals surface area contributed by atoms with Gasteiger partial charge >= 0.3 is 11.9 Å². The van der Waals surface area contributed by atoms with Crippen molar-refractivity contribution in [2.24, 2.45) is 16.7 Å². The van der Waals surface area contributed by atoms with Crippen LogP contribution in [0.4, 0.5) is 0 Å². The van der Waals surface area contributed by atoms with E-state index in [1.807, 2.05) is 36.4 Å². The first-order valence-electron chi connectivity index (χ1n) is 15.9. The molecule has 4 N–H and O–H groups in total. The van der Waals surface area contributed by atoms with Crippen molar-refractivity contribution in [2.75, 3.05) is 0 Å². The van der Waals surface area contributed by atoms with Gasteiger partial charge in [-0.15, -0.1) is 0 Å². The molecule has 1 aromatic carbocycles. The standard InChI is InChI=1S/C36H43NO8/c1-23(44-31(40)25-10-7-19-37-22-25)34(41)17-18-36(43)33(34,3)29(45-30(39)12-11-24-8-5-4-6-9-24)21-28-32(2)15-14-27(38)20-26(32)13-16-35(28,36)42/h4-13,19,22-23,27-29,38,41-43H,14-18,20-21H2,1-3H3/b12-11+/t23-,27-,28+,29+,32-,33+,34-,35-,36+/m0/s1. The van der Waals surface area contributed by atoms with Gasteiger partial charge in [-0.3, -0.25) is 4.98 Å². The van der Waals surface area contributed by atoms with E-state index in [2.05, 4.69) is 11.9 Å². The van der Waals surface area contributed by atoms with Gasteiger partial charge in [0.1, 0.15) is 29.0 Å². The molecule has 9 atom stereocenters. The van der Waals surface area contributed by atoms with Gasteiger partial charge in [-0.05, 0) is 81.1 Å². The SMILES string of the molecule is C[C@H](OC(=O)c1cccnc1)[C@@]1(O)CC[C@@]2(O)[C@]1(C)[C@H](OC(=O)/C=C/c1ccccc1)C[C@@H]1[C@@]3(C)CC[C@H](O)CC3=CC[C@]12O. The fourth-order valence-corrected chi connectivity index (χ4v) is 9.21. The van der Waals surface area contributed by atoms with Gasteiger partial charge in [0.05, 0.1) is 17.1 Å². The number of carbonyl (C=O) groups is 2. The highest BCUT2D eigenvalue weighted by atomic mass is 16.6. The predicted octanol–water partition coefficient (Wildman–Crippen LogP) is 4.15. The van der Waals surface area contributed by atoms with Crippen LogP contribution in [0.3, 0.4) is 0 Å². The third-order valence-electron chi connectivity index (χ3n) is 12.0. The maximum Gasteiger partial charge on any atom is 0.340 e. The summed E-state index contributed by atoms with van der Waals surface area (Å²) < 4.78 is 12.0. The molecule has 9 nitrogen and oxygen atoms in total. The summed E-state index contributed by atoms with van der Waals surface area (Å²) in [5.74, 6) is -1.86. The molecule has 0 radical (unpaired) electrons. The molecule has 2 aromatic rings. The normalized spacial score (nSPS) is 39.6. The number of aliphatic hydroxyl groups is 4. The second kappa shape index (κ2) is 11.2. The van der Waals surface area contributed by atoms with Crippen molar-refractivity contribution in [3.8, 4) is 0 Å². The van der Waals surface area contributed by atoms with Gasteiger partial charge in [-0.25, -0.2) is 9.59 Å². The molecule has 6 rings (SSSR count). The quantitative estimate of drug-likeness (QED) is 0.213. The van der Waals surface area contributed by atoms with E-state index < -0.39 is 63.8 Å². The number of rotatable bonds is 6. The highest BCUT2D eigenvalue weighted by Crippen LogP contribution is 2.71. The third-order valence-corrected chi connectivity index (χ3v) is 12.0. The Morgan fingerprint density at radius 1 is 1.04 bits per heavy atom. The van der Waals surface area contributed by atoms with Gasteiger partial charge < -0.3 is 29.9 Å². The van der Waals surface area contributed by atoms with Gasteiger partial charge in [0.25, 0.3) is 0 Å². The number of carbonyl (C=O) groups excluding carboxylic acids is 2. The minimum absolute atomic E-state index is 0.00241. The van der Waals surface area contributed by atoms with E-state index >= 15 is 0 Å². The summed E-state index contributed by atoms with van der Waals surface area (Å²) in [6.45, 7) is 5.27. The first kappa shape index (κ1) is 31.6. The second-order valence-electron chi connectivity index (χ2n) is 13.9. The number of aromatic nitrogens is 1. The molecule has 0 bridgehead atoms. The average Bonchev–Trinajstić information content (AvgIpc) is 3.26. The molecule has 3 saturated carbocycles. The Morgan fingerprint density at radius 2 is 1.80 bits per heavy atom. The largest absolute Gasteiger partial charge is 0.458 e. The number of aliphatic hydroxyl groups excluding tert-OH is 1. The van der Waals surface area contributed by atoms with Crippen LogP contribution in [0.5, 0.6) is 0 Å². The zero-order valence-electron chi connectivity index (χ0n) is 26.1. The number of ether oxygens (including phenoxy) is 2. The van der Waals surface area contributed by atoms with E-state index in [9.17, 15) is 30.0 Å². The van der Waals surface area contributed by atoms with Crippen LogP contribution < -0.4 is 0 Å². The molecule has 0 spiro atoms. The number of fused-ring (bicyclic) bond motifs is 5. The minimum Gasteiger partial charge on any atom is -0.458 e. The summed E-state index contributed by atoms with van der Waals surface area (Å²) in [6.07, 6.45) is 7.05. The lowest BCUT2D eigenvalue weighted by atomic mass is 9.42. The summed E-state index contributed by atoms with van der Waals surface area (Å²) in [7, 11) is 0. The van der Waals surface area contributed by atoms with Crippen LogP contribution in [0.15, 0.2) is 72.6 Å². The van der Waals surface area contributed by atoms with Gasteiger partial charge in [0.2, 0.25) is 0 Å². The molecule has 1 heterocycles. The lowest BCUT2D eigenvalue weighted by molar-refractivity contribution is -0.326. The molecule has 3 fully saturated rings. The number of hydrogen-bond donors (Lipinski definition) is 4. The Labute approximate surface area is 263 Å². The van der Waals surface area contributed by atoms with E-state index in [1.54, 1.807) is 32.1 Å². The lowest BCUT2D eigenvalue weighted by Crippen LogP contribution is -2.78. The summed E-state index contributed by atoms with van der Waals surface area (Å²) >= 11 is 0. The molecule has 0 amide bonds. The van der Waals surface area contributed by atoms with Crippen LogP contribution in [0.1, 0.15) is 81.6 Å². The van der Waals surface area contributed by atoms with Crippen molar-refractivity contribution in [1.82, 2.24) is 4.98 Å². The Hall–Kier alpha value is -3.37. The molecule has 4 aliphatic rings. The van der Waals surface area contributed by atoms with E-state index in [1.165, 1.54) is 18.5 Å². The van der Waals surface area contributed by atoms with Gasteiger partial charge in [0, 0.05) is 24.4 Å². The maximum atomic E-state index is 13.4. The van der Waals surface area contributed by atoms with E-state index in [4.69, 9.17) is 9.47 Å². The Morgan fingerprint density at radius 3 is 2.51 bits per heavy atom. The van der Waals surface area contributed by atoms with Crippen molar-refractivity contribution < 1.29 is 39.5 Å². The van der Waals surface area contributed by atoms with Crippen molar-refractivity contribution in [3.05, 3.63) is 83.7 Å². The molecule has 0 aliphatic heterocycles. The van der Waals surface area contributed by atoms with Gasteiger partial charge in [-0.2, -0.15) is 0 Å². The molecule has 1 aromatic heterocycles. The van der Waals surface area contributed by atoms with Crippen LogP contribution in [0.2, 0.25) is 0 Å². The minimum atomic E-state index is -1.91. The summed E-state index contributed by atoms with van der Waals surface area (Å²) in [5, 5.41) is 48.6. The van der Waals surface area contributed by atoms with Crippen molar-refractivity contribution in [2.45, 2.75) is 101 Å². The maximum absolute atomic E-state index is 13.4. The zero-order valence-corrected chi connectivity index (χ0v) is 26.1. The van der Waals surface area contributed by atoms with Crippen molar-refractivity contribution in [3.63, 3.8) is 0 Å². The van der Waals surface area contributed by atoms with Gasteiger partial charge in [0.15, 0.2) is 0 Å². The number of pyridine rings is 1. The van der Waals surface area contributed by atoms with Crippen LogP contribution in [-0.4, -0.2) is 72.5 Å². The zero-order chi connectivity index (χ0) is 32.3. The van der Waals surface area contributed by atoms with Crippen LogP contribution in [0, 0.1) is 16.7 Å². The molecule has 0 unspecified atom stereocenters. The molecule has 240 valence electrons. The first-order valence-corrected chi connectivity index (χ1v) is 15.9. The Balaban J connectivity index is 1.40. The smallest absolute Gasteiger partial charge is 0.340 e. The molecule has 45 heavy (non-hydrogen) atoms. The number of hydrogen-bond acceptors (Lipinski definition) is 9. The monoisotopic (exact) mass is 617 g/mol. The third kappa shape index (κ3) is 4.70. The number of benzene rings is 1. The van der Waals surface area contributed by atoms with Crippen LogP contribution in [0.25, 0.3) is 6.08 Å². The second-order valence-corrected chi connectivity index (χ2v) is 13.9. The lowest BCUT2D eigenvalue weighted by Gasteiger charge is -2.67. The van der Waals surface area contributed by atoms with E-state index in [-0.39, 0.29) is 31.2 Å². The number of nitrogens with zero attached hydrogens (tertiary/aromatic N) is 1. The molecular formula is C36H43NO8. The summed E-state index contributed by atoms with van der Waals surface area (Å²) in [6, 6.07) is 12.5. The summed E-state index contributed by atoms with van der Waals surface area (Å²) in [5.41, 5.74) is -5.62. The van der Waals surface area contributed by atoms with Crippen LogP contribution in [-0.2, 0) is 14.3 Å². The van der Waals surface area contributed by atoms with Gasteiger partial charge in [-0.1, -0.05) is 55.8 Å². The van der Waals surface area contributed by atoms with Crippen LogP contribution >= 0.6 is 0 Å². The Kier molecular flexibility index (Phi) is 7.84. The molecule has 4 aliphatic carbocycles. The predicted molar refractivity (Wildman–Crippen MR) is 165 cm³/mol. The fraction of sp³-hybridized carbons (Fsp3) is 0.528. The summed E-state index contributed by atoms with van der Waals surface area (Å²) in [4.78, 5) is 30.5. The number of esters is 2. The highest BCUT2D eigenvalue weighted by Gasteiger charge is 2.81. The fourth-order valence-electron chi connectivity index (χ4n) is 9.21. The van der Waals surface area contributed by atoms with E-state index in [0.29, 0.717) is 19.3 Å². The van der Waals surface area contributed by atoms with Crippen molar-refractivity contribution in [1.29, 1.82) is 0 Å². The molecular weight excluding hydrogens is 574 g/mol. The molecule has 0 saturated heterocycles. The molecule has 9 heteroatoms.